The summed E-state index contributed by atoms with van der Waals surface area (Å²) in [5.41, 5.74) is 5.50. The topological polar surface area (TPSA) is 246 Å². The van der Waals surface area contributed by atoms with Gasteiger partial charge >= 0.3 is 11.9 Å². The van der Waals surface area contributed by atoms with Crippen LogP contribution < -0.4 is 26.8 Å². The number of carbonyl (C=O) groups excluding carboxylic acids is 4. The fraction of sp³-hybridized carbons (Fsp3) is 0.636. The molecule has 2 unspecified atom stereocenters. The Morgan fingerprint density at radius 2 is 1.28 bits per heavy atom. The molecule has 0 saturated carbocycles. The van der Waals surface area contributed by atoms with Gasteiger partial charge in [0.2, 0.25) is 26.2 Å². The quantitative estimate of drug-likeness (QED) is 0.0481. The van der Waals surface area contributed by atoms with Crippen molar-refractivity contribution in [3.8, 4) is 0 Å². The zero-order valence-electron chi connectivity index (χ0n) is 28.9. The predicted octanol–water partition coefficient (Wildman–Crippen LogP) is 3.49. The zero-order chi connectivity index (χ0) is 37.6. The zero-order valence-corrected chi connectivity index (χ0v) is 29.8. The molecule has 1 aromatic rings. The van der Waals surface area contributed by atoms with Gasteiger partial charge in [0.25, 0.3) is 5.91 Å². The fourth-order valence-electron chi connectivity index (χ4n) is 4.22. The number of carboxylic acids is 2. The lowest BCUT2D eigenvalue weighted by molar-refractivity contribution is -0.142. The highest BCUT2D eigenvalue weighted by atomic mass is 31.2. The summed E-state index contributed by atoms with van der Waals surface area (Å²) in [5.74, 6) is -3.36. The maximum Gasteiger partial charge on any atom is 0.326 e. The van der Waals surface area contributed by atoms with E-state index in [0.29, 0.717) is 76.6 Å². The molecule has 0 spiro atoms. The van der Waals surface area contributed by atoms with Gasteiger partial charge in [0, 0.05) is 50.9 Å². The summed E-state index contributed by atoms with van der Waals surface area (Å²) in [7, 11) is -1.89. The molecular formula is C33H55FN5O10P. The highest BCUT2D eigenvalue weighted by molar-refractivity contribution is 7.43. The number of aliphatic carboxylic acids is 2. The number of carbonyl (C=O) groups is 6. The van der Waals surface area contributed by atoms with Gasteiger partial charge in [-0.1, -0.05) is 26.2 Å². The molecule has 1 rings (SSSR count). The molecule has 50 heavy (non-hydrogen) atoms. The smallest absolute Gasteiger partial charge is 0.326 e. The summed E-state index contributed by atoms with van der Waals surface area (Å²) in [4.78, 5) is 78.1. The van der Waals surface area contributed by atoms with Crippen LogP contribution in [0.3, 0.4) is 0 Å². The number of benzene rings is 1. The van der Waals surface area contributed by atoms with Crippen molar-refractivity contribution in [2.24, 2.45) is 5.50 Å². The molecule has 0 aromatic heterocycles. The number of nitrogens with two attached hydrogens (primary N) is 1. The minimum Gasteiger partial charge on any atom is -0.481 e. The van der Waals surface area contributed by atoms with Crippen molar-refractivity contribution in [2.75, 3.05) is 26.2 Å². The van der Waals surface area contributed by atoms with Crippen molar-refractivity contribution < 1.29 is 52.8 Å². The van der Waals surface area contributed by atoms with Crippen LogP contribution in [0.15, 0.2) is 24.3 Å². The van der Waals surface area contributed by atoms with Gasteiger partial charge in [-0.05, 0) is 75.6 Å². The van der Waals surface area contributed by atoms with Crippen LogP contribution in [-0.2, 0) is 28.5 Å². The Hall–Kier alpha value is -3.72. The monoisotopic (exact) mass is 731 g/mol. The van der Waals surface area contributed by atoms with E-state index in [1.54, 1.807) is 0 Å². The molecule has 284 valence electrons. The number of hydrogen-bond acceptors (Lipinski definition) is 9. The Bertz CT molecular complexity index is 1140. The maximum atomic E-state index is 12.9. The van der Waals surface area contributed by atoms with Crippen molar-refractivity contribution in [3.63, 3.8) is 0 Å². The Balaban J connectivity index is 0.00000308. The molecule has 2 atom stereocenters. The number of halogens is 1. The summed E-state index contributed by atoms with van der Waals surface area (Å²) in [5, 5.41) is 28.1. The van der Waals surface area contributed by atoms with E-state index >= 15 is 0 Å². The second-order valence-electron chi connectivity index (χ2n) is 11.4. The third-order valence-electron chi connectivity index (χ3n) is 7.03. The van der Waals surface area contributed by atoms with Gasteiger partial charge < -0.3 is 40.9 Å². The molecule has 0 aliphatic rings. The van der Waals surface area contributed by atoms with Crippen molar-refractivity contribution in [1.29, 1.82) is 0 Å². The van der Waals surface area contributed by atoms with Gasteiger partial charge in [0.15, 0.2) is 0 Å². The average molecular weight is 732 g/mol. The number of carboxylic acid groups (broad SMARTS) is 2. The van der Waals surface area contributed by atoms with Crippen LogP contribution in [0.1, 0.15) is 114 Å². The number of amides is 4. The standard InChI is InChI=1S/C28H45FN5O8P.C5H10O2/c29-22-13-11-21(12-14-22)27(38)33-19-6-1-3-9-24(35)31-17-5-2-4-10-26(37)34-23(28(39)40)15-16-25(36)32-18-7-8-20-42-43(30)41;1-2-3-4-5(6)7/h11-14,23,41H,1-10,15-20,30H2,(H,31,35)(H,32,36)(H,33,38)(H,34,37)(H,39,40);2-4H2,1H3,(H,6,7). The average Bonchev–Trinajstić information content (AvgIpc) is 3.06. The summed E-state index contributed by atoms with van der Waals surface area (Å²) in [6.45, 7) is 3.58. The van der Waals surface area contributed by atoms with E-state index in [0.717, 1.165) is 25.7 Å². The van der Waals surface area contributed by atoms with Crippen LogP contribution in [0, 0.1) is 5.82 Å². The molecule has 1 aromatic carbocycles. The molecule has 0 saturated heterocycles. The van der Waals surface area contributed by atoms with Gasteiger partial charge in [0.1, 0.15) is 11.9 Å². The van der Waals surface area contributed by atoms with Crippen molar-refractivity contribution in [2.45, 2.75) is 109 Å². The predicted molar refractivity (Wildman–Crippen MR) is 186 cm³/mol. The molecule has 15 nitrogen and oxygen atoms in total. The van der Waals surface area contributed by atoms with Crippen LogP contribution >= 0.6 is 8.53 Å². The Kier molecular flexibility index (Phi) is 27.9. The Morgan fingerprint density at radius 3 is 1.80 bits per heavy atom. The minimum absolute atomic E-state index is 0.0331. The van der Waals surface area contributed by atoms with Gasteiger partial charge in [0.05, 0.1) is 6.61 Å². The summed E-state index contributed by atoms with van der Waals surface area (Å²) >= 11 is 0. The lowest BCUT2D eigenvalue weighted by atomic mass is 10.1. The normalized spacial score (nSPS) is 11.7. The number of hydrogen-bond donors (Lipinski definition) is 8. The molecule has 0 aliphatic carbocycles. The fourth-order valence-corrected chi connectivity index (χ4v) is 4.54. The van der Waals surface area contributed by atoms with Gasteiger partial charge in [-0.15, -0.1) is 0 Å². The molecular weight excluding hydrogens is 676 g/mol. The second-order valence-corrected chi connectivity index (χ2v) is 12.3. The molecule has 0 fully saturated rings. The van der Waals surface area contributed by atoms with E-state index in [1.807, 2.05) is 6.92 Å². The first kappa shape index (κ1) is 46.3. The number of unbranched alkanes of at least 4 members (excludes halogenated alkanes) is 6. The maximum absolute atomic E-state index is 12.9. The van der Waals surface area contributed by atoms with Crippen LogP contribution in [0.4, 0.5) is 4.39 Å². The van der Waals surface area contributed by atoms with Crippen molar-refractivity contribution in [3.05, 3.63) is 35.6 Å². The highest BCUT2D eigenvalue weighted by Crippen LogP contribution is 2.19. The highest BCUT2D eigenvalue weighted by Gasteiger charge is 2.20. The molecule has 17 heteroatoms. The summed E-state index contributed by atoms with van der Waals surface area (Å²) in [6.07, 6.45) is 7.79. The largest absolute Gasteiger partial charge is 0.481 e. The SMILES string of the molecule is CCCCC(=O)O.NP(O)OCCCCNC(=O)CCC(NC(=O)CCCCCNC(=O)CCCCCNC(=O)c1ccc(F)cc1)C(=O)O. The van der Waals surface area contributed by atoms with Crippen molar-refractivity contribution >= 4 is 44.1 Å². The molecule has 0 heterocycles. The van der Waals surface area contributed by atoms with E-state index in [4.69, 9.17) is 20.0 Å². The minimum atomic E-state index is -1.89. The van der Waals surface area contributed by atoms with Crippen LogP contribution in [-0.4, -0.2) is 83.0 Å². The lowest BCUT2D eigenvalue weighted by Gasteiger charge is -2.14. The first-order chi connectivity index (χ1) is 23.8. The Labute approximate surface area is 294 Å². The first-order valence-electron chi connectivity index (χ1n) is 17.0. The molecule has 0 radical (unpaired) electrons. The third-order valence-corrected chi connectivity index (χ3v) is 7.48. The van der Waals surface area contributed by atoms with Gasteiger partial charge in [-0.3, -0.25) is 29.5 Å². The second kappa shape index (κ2) is 30.1. The third kappa shape index (κ3) is 28.2. The summed E-state index contributed by atoms with van der Waals surface area (Å²) in [6, 6.07) is 4.15. The van der Waals surface area contributed by atoms with E-state index < -0.39 is 38.2 Å². The van der Waals surface area contributed by atoms with E-state index in [9.17, 15) is 38.3 Å². The van der Waals surface area contributed by atoms with Crippen molar-refractivity contribution in [1.82, 2.24) is 21.3 Å². The lowest BCUT2D eigenvalue weighted by Crippen LogP contribution is -2.41. The van der Waals surface area contributed by atoms with Gasteiger partial charge in [-0.25, -0.2) is 9.18 Å². The first-order valence-corrected chi connectivity index (χ1v) is 18.3. The molecule has 4 amide bonds. The van der Waals surface area contributed by atoms with Crippen LogP contribution in [0.2, 0.25) is 0 Å². The molecule has 0 aliphatic heterocycles. The Morgan fingerprint density at radius 1 is 0.740 bits per heavy atom. The molecule has 9 N–H and O–H groups in total. The van der Waals surface area contributed by atoms with E-state index in [-0.39, 0.29) is 43.6 Å². The molecule has 0 bridgehead atoms. The number of nitrogens with one attached hydrogen (secondary N) is 4. The van der Waals surface area contributed by atoms with Crippen LogP contribution in [0.25, 0.3) is 0 Å². The van der Waals surface area contributed by atoms with Crippen LogP contribution in [0.5, 0.6) is 0 Å². The number of rotatable bonds is 27. The van der Waals surface area contributed by atoms with E-state index in [1.165, 1.54) is 24.3 Å². The van der Waals surface area contributed by atoms with Gasteiger partial charge in [-0.2, -0.15) is 0 Å². The summed E-state index contributed by atoms with van der Waals surface area (Å²) < 4.78 is 17.7. The van der Waals surface area contributed by atoms with E-state index in [2.05, 4.69) is 21.3 Å².